The van der Waals surface area contributed by atoms with Gasteiger partial charge in [-0.15, -0.1) is 0 Å². The van der Waals surface area contributed by atoms with Crippen LogP contribution in [-0.4, -0.2) is 12.1 Å². The number of rotatable bonds is 1. The molecule has 0 aromatic heterocycles. The predicted octanol–water partition coefficient (Wildman–Crippen LogP) is 2.54. The molecule has 6 unspecified atom stereocenters. The van der Waals surface area contributed by atoms with Gasteiger partial charge in [0.25, 0.3) is 0 Å². The fraction of sp³-hybridized carbons (Fsp3) is 0.786. The van der Waals surface area contributed by atoms with Gasteiger partial charge in [0.1, 0.15) is 6.10 Å². The molecule has 0 aliphatic heterocycles. The average molecular weight is 218 g/mol. The largest absolute Gasteiger partial charge is 0.462 e. The van der Waals surface area contributed by atoms with Crippen molar-refractivity contribution in [2.24, 2.45) is 29.6 Å². The molecule has 0 saturated heterocycles. The molecule has 0 N–H and O–H groups in total. The zero-order valence-corrected chi connectivity index (χ0v) is 9.69. The lowest BCUT2D eigenvalue weighted by atomic mass is 9.73. The van der Waals surface area contributed by atoms with Gasteiger partial charge in [-0.1, -0.05) is 11.6 Å². The van der Waals surface area contributed by atoms with Crippen LogP contribution in [0.1, 0.15) is 32.6 Å². The standard InChI is InChI=1S/C14H18O2/c1-7(15)16-12-6-10-5-11(12)14-9-3-2-8(4-9)13(10)14/h2,9-14H,3-6H2,1H3. The van der Waals surface area contributed by atoms with Gasteiger partial charge >= 0.3 is 5.97 Å². The summed E-state index contributed by atoms with van der Waals surface area (Å²) in [7, 11) is 0. The maximum absolute atomic E-state index is 11.1. The van der Waals surface area contributed by atoms with E-state index in [0.29, 0.717) is 5.92 Å². The Morgan fingerprint density at radius 3 is 3.06 bits per heavy atom. The van der Waals surface area contributed by atoms with E-state index in [2.05, 4.69) is 6.08 Å². The number of hydrogen-bond donors (Lipinski definition) is 0. The Bertz CT molecular complexity index is 384. The molecular formula is C14H18O2. The first kappa shape index (κ1) is 9.26. The molecular weight excluding hydrogens is 200 g/mol. The lowest BCUT2D eigenvalue weighted by Gasteiger charge is -2.35. The third kappa shape index (κ3) is 1.01. The molecule has 4 bridgehead atoms. The van der Waals surface area contributed by atoms with Crippen molar-refractivity contribution in [1.29, 1.82) is 0 Å². The highest BCUT2D eigenvalue weighted by atomic mass is 16.5. The average Bonchev–Trinajstić information content (AvgIpc) is 2.93. The Labute approximate surface area is 96.0 Å². The van der Waals surface area contributed by atoms with Gasteiger partial charge in [0.05, 0.1) is 0 Å². The van der Waals surface area contributed by atoms with Crippen LogP contribution in [0.25, 0.3) is 0 Å². The van der Waals surface area contributed by atoms with E-state index in [1.165, 1.54) is 19.3 Å². The molecule has 86 valence electrons. The van der Waals surface area contributed by atoms with Gasteiger partial charge in [0.2, 0.25) is 0 Å². The molecule has 6 atom stereocenters. The van der Waals surface area contributed by atoms with Gasteiger partial charge in [0.15, 0.2) is 0 Å². The molecule has 4 aliphatic carbocycles. The third-order valence-corrected chi connectivity index (χ3v) is 5.47. The molecule has 2 heteroatoms. The summed E-state index contributed by atoms with van der Waals surface area (Å²) >= 11 is 0. The molecule has 0 heterocycles. The van der Waals surface area contributed by atoms with Crippen molar-refractivity contribution in [3.63, 3.8) is 0 Å². The molecule has 0 radical (unpaired) electrons. The number of carbonyl (C=O) groups excluding carboxylic acids is 1. The number of ether oxygens (including phenoxy) is 1. The van der Waals surface area contributed by atoms with E-state index in [0.717, 1.165) is 30.1 Å². The zero-order valence-electron chi connectivity index (χ0n) is 9.69. The van der Waals surface area contributed by atoms with Gasteiger partial charge in [-0.2, -0.15) is 0 Å². The van der Waals surface area contributed by atoms with Gasteiger partial charge in [-0.3, -0.25) is 4.79 Å². The van der Waals surface area contributed by atoms with Crippen LogP contribution in [0.5, 0.6) is 0 Å². The SMILES string of the molecule is CC(=O)OC1CC2CC1C1C3CC=C(C3)C21. The van der Waals surface area contributed by atoms with Crippen molar-refractivity contribution in [2.75, 3.05) is 0 Å². The van der Waals surface area contributed by atoms with Crippen LogP contribution in [0, 0.1) is 29.6 Å². The van der Waals surface area contributed by atoms with Crippen LogP contribution in [0.4, 0.5) is 0 Å². The van der Waals surface area contributed by atoms with Crippen LogP contribution in [-0.2, 0) is 9.53 Å². The second kappa shape index (κ2) is 2.91. The summed E-state index contributed by atoms with van der Waals surface area (Å²) in [5.41, 5.74) is 1.75. The minimum absolute atomic E-state index is 0.0866. The lowest BCUT2D eigenvalue weighted by molar-refractivity contribution is -0.150. The van der Waals surface area contributed by atoms with Crippen molar-refractivity contribution >= 4 is 5.97 Å². The summed E-state index contributed by atoms with van der Waals surface area (Å²) < 4.78 is 5.50. The minimum atomic E-state index is -0.0866. The summed E-state index contributed by atoms with van der Waals surface area (Å²) in [6, 6.07) is 0. The summed E-state index contributed by atoms with van der Waals surface area (Å²) in [6.07, 6.45) is 7.86. The first-order valence-corrected chi connectivity index (χ1v) is 6.60. The van der Waals surface area contributed by atoms with Gasteiger partial charge in [-0.25, -0.2) is 0 Å². The Morgan fingerprint density at radius 2 is 2.25 bits per heavy atom. The Balaban J connectivity index is 1.62. The lowest BCUT2D eigenvalue weighted by Crippen LogP contribution is -2.35. The highest BCUT2D eigenvalue weighted by Crippen LogP contribution is 2.65. The summed E-state index contributed by atoms with van der Waals surface area (Å²) in [4.78, 5) is 11.1. The number of allylic oxidation sites excluding steroid dienone is 2. The van der Waals surface area contributed by atoms with Gasteiger partial charge in [-0.05, 0) is 55.3 Å². The summed E-state index contributed by atoms with van der Waals surface area (Å²) in [5.74, 6) is 4.08. The molecule has 4 aliphatic rings. The van der Waals surface area contributed by atoms with E-state index in [1.807, 2.05) is 0 Å². The molecule has 4 rings (SSSR count). The molecule has 3 fully saturated rings. The smallest absolute Gasteiger partial charge is 0.302 e. The molecule has 3 saturated carbocycles. The van der Waals surface area contributed by atoms with Gasteiger partial charge < -0.3 is 4.74 Å². The number of carbonyl (C=O) groups is 1. The molecule has 0 aromatic rings. The van der Waals surface area contributed by atoms with E-state index < -0.39 is 0 Å². The zero-order chi connectivity index (χ0) is 10.9. The summed E-state index contributed by atoms with van der Waals surface area (Å²) in [6.45, 7) is 1.55. The molecule has 16 heavy (non-hydrogen) atoms. The molecule has 0 spiro atoms. The quantitative estimate of drug-likeness (QED) is 0.384. The van der Waals surface area contributed by atoms with E-state index in [1.54, 1.807) is 12.5 Å². The normalized spacial score (nSPS) is 51.7. The maximum Gasteiger partial charge on any atom is 0.302 e. The Morgan fingerprint density at radius 1 is 1.38 bits per heavy atom. The van der Waals surface area contributed by atoms with Crippen molar-refractivity contribution < 1.29 is 9.53 Å². The Kier molecular flexibility index (Phi) is 1.68. The van der Waals surface area contributed by atoms with Crippen molar-refractivity contribution in [3.8, 4) is 0 Å². The van der Waals surface area contributed by atoms with Crippen LogP contribution < -0.4 is 0 Å². The van der Waals surface area contributed by atoms with Crippen LogP contribution >= 0.6 is 0 Å². The predicted molar refractivity (Wildman–Crippen MR) is 59.6 cm³/mol. The van der Waals surface area contributed by atoms with Crippen LogP contribution in [0.3, 0.4) is 0 Å². The summed E-state index contributed by atoms with van der Waals surface area (Å²) in [5, 5.41) is 0. The fourth-order valence-corrected chi connectivity index (χ4v) is 5.23. The number of esters is 1. The van der Waals surface area contributed by atoms with Crippen LogP contribution in [0.15, 0.2) is 11.6 Å². The second-order valence-corrected chi connectivity index (χ2v) is 6.13. The minimum Gasteiger partial charge on any atom is -0.462 e. The highest BCUT2D eigenvalue weighted by Gasteiger charge is 2.60. The first-order chi connectivity index (χ1) is 7.74. The van der Waals surface area contributed by atoms with Crippen molar-refractivity contribution in [1.82, 2.24) is 0 Å². The third-order valence-electron chi connectivity index (χ3n) is 5.47. The van der Waals surface area contributed by atoms with E-state index in [-0.39, 0.29) is 12.1 Å². The first-order valence-electron chi connectivity index (χ1n) is 6.60. The van der Waals surface area contributed by atoms with Crippen molar-refractivity contribution in [2.45, 2.75) is 38.7 Å². The van der Waals surface area contributed by atoms with Gasteiger partial charge in [0, 0.05) is 6.92 Å². The topological polar surface area (TPSA) is 26.3 Å². The van der Waals surface area contributed by atoms with E-state index in [9.17, 15) is 4.79 Å². The number of fused-ring (bicyclic) bond motifs is 9. The molecule has 0 amide bonds. The highest BCUT2D eigenvalue weighted by molar-refractivity contribution is 5.66. The van der Waals surface area contributed by atoms with E-state index in [4.69, 9.17) is 4.74 Å². The molecule has 0 aromatic carbocycles. The van der Waals surface area contributed by atoms with Crippen LogP contribution in [0.2, 0.25) is 0 Å². The van der Waals surface area contributed by atoms with E-state index >= 15 is 0 Å². The number of hydrogen-bond acceptors (Lipinski definition) is 2. The fourth-order valence-electron chi connectivity index (χ4n) is 5.23. The van der Waals surface area contributed by atoms with Crippen molar-refractivity contribution in [3.05, 3.63) is 11.6 Å². The molecule has 2 nitrogen and oxygen atoms in total. The monoisotopic (exact) mass is 218 g/mol. The second-order valence-electron chi connectivity index (χ2n) is 6.13. The maximum atomic E-state index is 11.1. The Hall–Kier alpha value is -0.790.